The van der Waals surface area contributed by atoms with Gasteiger partial charge in [-0.3, -0.25) is 9.10 Å². The van der Waals surface area contributed by atoms with Crippen LogP contribution in [0.25, 0.3) is 0 Å². The molecule has 0 unspecified atom stereocenters. The summed E-state index contributed by atoms with van der Waals surface area (Å²) in [5.74, 6) is -0.840. The smallest absolute Gasteiger partial charge is 0.338 e. The van der Waals surface area contributed by atoms with E-state index in [1.165, 1.54) is 10.4 Å². The second-order valence-corrected chi connectivity index (χ2v) is 9.03. The summed E-state index contributed by atoms with van der Waals surface area (Å²) in [6.45, 7) is 2.44. The molecule has 2 aromatic rings. The van der Waals surface area contributed by atoms with E-state index in [2.05, 4.69) is 5.32 Å². The Morgan fingerprint density at radius 2 is 1.90 bits per heavy atom. The van der Waals surface area contributed by atoms with E-state index in [-0.39, 0.29) is 18.4 Å². The minimum Gasteiger partial charge on any atom is -0.452 e. The van der Waals surface area contributed by atoms with E-state index in [0.29, 0.717) is 30.8 Å². The zero-order valence-electron chi connectivity index (χ0n) is 16.4. The van der Waals surface area contributed by atoms with Crippen molar-refractivity contribution in [3.63, 3.8) is 0 Å². The molecule has 154 valence electrons. The predicted octanol–water partition coefficient (Wildman–Crippen LogP) is 2.09. The molecule has 0 bridgehead atoms. The van der Waals surface area contributed by atoms with E-state index < -0.39 is 16.0 Å². The number of nitrogens with zero attached hydrogens (tertiary/aromatic N) is 1. The number of hydrogen-bond acceptors (Lipinski definition) is 5. The van der Waals surface area contributed by atoms with Crippen LogP contribution in [0, 0.1) is 0 Å². The van der Waals surface area contributed by atoms with Crippen LogP contribution in [0.2, 0.25) is 0 Å². The van der Waals surface area contributed by atoms with E-state index >= 15 is 0 Å². The van der Waals surface area contributed by atoms with Crippen molar-refractivity contribution in [3.05, 3.63) is 65.2 Å². The first-order valence-electron chi connectivity index (χ1n) is 9.35. The van der Waals surface area contributed by atoms with E-state index in [9.17, 15) is 18.0 Å². The number of sulfonamides is 1. The second kappa shape index (κ2) is 8.65. The Morgan fingerprint density at radius 1 is 1.17 bits per heavy atom. The highest BCUT2D eigenvalue weighted by atomic mass is 32.2. The minimum absolute atomic E-state index is 0.144. The maximum Gasteiger partial charge on any atom is 0.338 e. The van der Waals surface area contributed by atoms with Crippen LogP contribution in [0.3, 0.4) is 0 Å². The Kier molecular flexibility index (Phi) is 6.22. The zero-order chi connectivity index (χ0) is 21.0. The third kappa shape index (κ3) is 5.14. The fraction of sp³-hybridized carbons (Fsp3) is 0.333. The predicted molar refractivity (Wildman–Crippen MR) is 110 cm³/mol. The fourth-order valence-electron chi connectivity index (χ4n) is 3.27. The van der Waals surface area contributed by atoms with Gasteiger partial charge in [0, 0.05) is 13.1 Å². The van der Waals surface area contributed by atoms with Crippen molar-refractivity contribution in [3.8, 4) is 0 Å². The van der Waals surface area contributed by atoms with Gasteiger partial charge >= 0.3 is 5.97 Å². The van der Waals surface area contributed by atoms with Crippen LogP contribution in [-0.4, -0.2) is 46.2 Å². The lowest BCUT2D eigenvalue weighted by atomic mass is 10.0. The van der Waals surface area contributed by atoms with Gasteiger partial charge in [-0.15, -0.1) is 0 Å². The van der Waals surface area contributed by atoms with Crippen molar-refractivity contribution in [2.24, 2.45) is 0 Å². The molecule has 2 aromatic carbocycles. The van der Waals surface area contributed by atoms with Gasteiger partial charge in [0.25, 0.3) is 5.91 Å². The fourth-order valence-corrected chi connectivity index (χ4v) is 4.23. The lowest BCUT2D eigenvalue weighted by Gasteiger charge is -2.16. The average Bonchev–Trinajstić information content (AvgIpc) is 3.14. The lowest BCUT2D eigenvalue weighted by molar-refractivity contribution is -0.124. The monoisotopic (exact) mass is 416 g/mol. The van der Waals surface area contributed by atoms with Gasteiger partial charge in [-0.2, -0.15) is 0 Å². The van der Waals surface area contributed by atoms with Gasteiger partial charge in [0.05, 0.1) is 17.5 Å². The van der Waals surface area contributed by atoms with Crippen LogP contribution in [0.4, 0.5) is 5.69 Å². The number of anilines is 1. The average molecular weight is 416 g/mol. The number of hydrogen-bond donors (Lipinski definition) is 1. The number of ether oxygens (including phenoxy) is 1. The van der Waals surface area contributed by atoms with Crippen LogP contribution in [0.15, 0.2) is 48.5 Å². The number of carbonyl (C=O) groups is 2. The van der Waals surface area contributed by atoms with E-state index in [1.807, 2.05) is 37.3 Å². The Labute approximate surface area is 170 Å². The van der Waals surface area contributed by atoms with Gasteiger partial charge in [-0.25, -0.2) is 13.2 Å². The standard InChI is InChI=1S/C21H24N2O5S/c1-15(16-6-4-3-5-7-16)13-22-20(24)14-28-21(25)18-8-9-19-17(12-18)10-11-23(19)29(2,26)27/h3-9,12,15H,10-11,13-14H2,1-2H3,(H,22,24)/t15-/m1/s1. The third-order valence-electron chi connectivity index (χ3n) is 4.88. The summed E-state index contributed by atoms with van der Waals surface area (Å²) >= 11 is 0. The summed E-state index contributed by atoms with van der Waals surface area (Å²) < 4.78 is 30.0. The maximum atomic E-state index is 12.3. The largest absolute Gasteiger partial charge is 0.452 e. The molecule has 3 rings (SSSR count). The molecule has 0 radical (unpaired) electrons. The van der Waals surface area contributed by atoms with Gasteiger partial charge in [0.15, 0.2) is 6.61 Å². The molecule has 29 heavy (non-hydrogen) atoms. The highest BCUT2D eigenvalue weighted by molar-refractivity contribution is 7.92. The normalized spacial score (nSPS) is 14.2. The highest BCUT2D eigenvalue weighted by Crippen LogP contribution is 2.30. The van der Waals surface area contributed by atoms with E-state index in [0.717, 1.165) is 17.4 Å². The van der Waals surface area contributed by atoms with Crippen molar-refractivity contribution < 1.29 is 22.7 Å². The Hall–Kier alpha value is -2.87. The summed E-state index contributed by atoms with van der Waals surface area (Å²) in [6, 6.07) is 14.6. The number of amides is 1. The van der Waals surface area contributed by atoms with Crippen LogP contribution < -0.4 is 9.62 Å². The molecule has 1 aliphatic heterocycles. The first-order chi connectivity index (χ1) is 13.8. The zero-order valence-corrected chi connectivity index (χ0v) is 17.2. The molecule has 1 amide bonds. The Bertz CT molecular complexity index is 1000. The minimum atomic E-state index is -3.34. The number of esters is 1. The summed E-state index contributed by atoms with van der Waals surface area (Å²) in [5.41, 5.74) is 2.76. The van der Waals surface area contributed by atoms with Gasteiger partial charge < -0.3 is 10.1 Å². The summed E-state index contributed by atoms with van der Waals surface area (Å²) in [7, 11) is -3.34. The summed E-state index contributed by atoms with van der Waals surface area (Å²) in [6.07, 6.45) is 1.68. The molecule has 0 aromatic heterocycles. The summed E-state index contributed by atoms with van der Waals surface area (Å²) in [4.78, 5) is 24.2. The van der Waals surface area contributed by atoms with Gasteiger partial charge in [0.2, 0.25) is 10.0 Å². The molecular formula is C21H24N2O5S. The molecule has 0 saturated heterocycles. The lowest BCUT2D eigenvalue weighted by Crippen LogP contribution is -2.31. The van der Waals surface area contributed by atoms with Crippen LogP contribution in [0.5, 0.6) is 0 Å². The Morgan fingerprint density at radius 3 is 2.59 bits per heavy atom. The van der Waals surface area contributed by atoms with Crippen LogP contribution in [-0.2, 0) is 26.0 Å². The van der Waals surface area contributed by atoms with Crippen LogP contribution >= 0.6 is 0 Å². The molecule has 8 heteroatoms. The quantitative estimate of drug-likeness (QED) is 0.698. The van der Waals surface area contributed by atoms with Crippen LogP contribution in [0.1, 0.15) is 34.3 Å². The van der Waals surface area contributed by atoms with Crippen molar-refractivity contribution in [2.45, 2.75) is 19.3 Å². The molecule has 1 heterocycles. The van der Waals surface area contributed by atoms with Crippen molar-refractivity contribution >= 4 is 27.6 Å². The van der Waals surface area contributed by atoms with Gasteiger partial charge in [-0.1, -0.05) is 37.3 Å². The first-order valence-corrected chi connectivity index (χ1v) is 11.2. The van der Waals surface area contributed by atoms with E-state index in [1.54, 1.807) is 12.1 Å². The first kappa shape index (κ1) is 20.9. The van der Waals surface area contributed by atoms with Crippen molar-refractivity contribution in [2.75, 3.05) is 30.3 Å². The molecule has 1 atom stereocenters. The molecule has 0 fully saturated rings. The molecule has 0 aliphatic carbocycles. The third-order valence-corrected chi connectivity index (χ3v) is 6.06. The number of benzene rings is 2. The molecule has 1 N–H and O–H groups in total. The molecule has 0 saturated carbocycles. The van der Waals surface area contributed by atoms with Gasteiger partial charge in [-0.05, 0) is 41.7 Å². The maximum absolute atomic E-state index is 12.3. The molecule has 7 nitrogen and oxygen atoms in total. The number of carbonyl (C=O) groups excluding carboxylic acids is 2. The van der Waals surface area contributed by atoms with Crippen molar-refractivity contribution in [1.82, 2.24) is 5.32 Å². The SMILES string of the molecule is C[C@H](CNC(=O)COC(=O)c1ccc2c(c1)CCN2S(C)(=O)=O)c1ccccc1. The number of nitrogens with one attached hydrogen (secondary N) is 1. The topological polar surface area (TPSA) is 92.8 Å². The Balaban J connectivity index is 1.51. The number of fused-ring (bicyclic) bond motifs is 1. The second-order valence-electron chi connectivity index (χ2n) is 7.12. The highest BCUT2D eigenvalue weighted by Gasteiger charge is 2.27. The van der Waals surface area contributed by atoms with Gasteiger partial charge in [0.1, 0.15) is 0 Å². The molecule has 0 spiro atoms. The molecular weight excluding hydrogens is 392 g/mol. The van der Waals surface area contributed by atoms with Crippen molar-refractivity contribution in [1.29, 1.82) is 0 Å². The summed E-state index contributed by atoms with van der Waals surface area (Å²) in [5, 5.41) is 2.76. The molecule has 1 aliphatic rings. The number of rotatable bonds is 7. The van der Waals surface area contributed by atoms with E-state index in [4.69, 9.17) is 4.74 Å².